The number of hydrogen-bond acceptors (Lipinski definition) is 2. The molecule has 0 radical (unpaired) electrons. The first kappa shape index (κ1) is 13.4. The van der Waals surface area contributed by atoms with Crippen LogP contribution in [0.1, 0.15) is 36.8 Å². The lowest BCUT2D eigenvalue weighted by atomic mass is 10.0. The molecule has 1 aliphatic carbocycles. The summed E-state index contributed by atoms with van der Waals surface area (Å²) in [5, 5.41) is 3.43. The Morgan fingerprint density at radius 2 is 2.11 bits per heavy atom. The highest BCUT2D eigenvalue weighted by Crippen LogP contribution is 2.28. The van der Waals surface area contributed by atoms with Crippen molar-refractivity contribution >= 4 is 0 Å². The highest BCUT2D eigenvalue weighted by Gasteiger charge is 2.25. The van der Waals surface area contributed by atoms with Crippen molar-refractivity contribution in [2.75, 3.05) is 13.7 Å². The number of ether oxygens (including phenoxy) is 1. The minimum Gasteiger partial charge on any atom is -0.493 e. The van der Waals surface area contributed by atoms with E-state index in [4.69, 9.17) is 4.74 Å². The molecule has 0 bridgehead atoms. The molecule has 0 heterocycles. The molecule has 2 heteroatoms. The van der Waals surface area contributed by atoms with Gasteiger partial charge in [-0.1, -0.05) is 18.6 Å². The number of hydrogen-bond donors (Lipinski definition) is 1. The van der Waals surface area contributed by atoms with Gasteiger partial charge in [0.25, 0.3) is 0 Å². The first-order valence-corrected chi connectivity index (χ1v) is 7.08. The molecule has 1 N–H and O–H groups in total. The van der Waals surface area contributed by atoms with Crippen molar-refractivity contribution in [2.45, 2.75) is 45.6 Å². The van der Waals surface area contributed by atoms with Gasteiger partial charge in [-0.05, 0) is 63.3 Å². The van der Waals surface area contributed by atoms with Gasteiger partial charge in [0, 0.05) is 6.04 Å². The maximum atomic E-state index is 5.94. The van der Waals surface area contributed by atoms with Crippen LogP contribution in [-0.4, -0.2) is 19.7 Å². The zero-order chi connectivity index (χ0) is 13.0. The zero-order valence-corrected chi connectivity index (χ0v) is 11.8. The Morgan fingerprint density at radius 3 is 2.89 bits per heavy atom. The van der Waals surface area contributed by atoms with E-state index in [0.29, 0.717) is 6.04 Å². The zero-order valence-electron chi connectivity index (χ0n) is 11.8. The summed E-state index contributed by atoms with van der Waals surface area (Å²) < 4.78 is 5.94. The quantitative estimate of drug-likeness (QED) is 0.860. The molecule has 0 aliphatic heterocycles. The Labute approximate surface area is 111 Å². The van der Waals surface area contributed by atoms with E-state index in [1.807, 2.05) is 0 Å². The molecule has 2 rings (SSSR count). The van der Waals surface area contributed by atoms with Crippen molar-refractivity contribution < 1.29 is 4.74 Å². The summed E-state index contributed by atoms with van der Waals surface area (Å²) in [7, 11) is 2.08. The highest BCUT2D eigenvalue weighted by molar-refractivity contribution is 5.38. The van der Waals surface area contributed by atoms with Crippen LogP contribution in [0.5, 0.6) is 5.75 Å². The van der Waals surface area contributed by atoms with Gasteiger partial charge in [0.2, 0.25) is 0 Å². The first-order chi connectivity index (χ1) is 8.72. The van der Waals surface area contributed by atoms with Crippen LogP contribution in [0, 0.1) is 19.8 Å². The lowest BCUT2D eigenvalue weighted by Gasteiger charge is -2.19. The maximum absolute atomic E-state index is 5.94. The lowest BCUT2D eigenvalue weighted by Crippen LogP contribution is -2.29. The maximum Gasteiger partial charge on any atom is 0.122 e. The second-order valence-electron chi connectivity index (χ2n) is 5.42. The second kappa shape index (κ2) is 6.24. The van der Waals surface area contributed by atoms with E-state index in [0.717, 1.165) is 18.3 Å². The summed E-state index contributed by atoms with van der Waals surface area (Å²) in [6.07, 6.45) is 5.20. The van der Waals surface area contributed by atoms with Gasteiger partial charge in [-0.3, -0.25) is 0 Å². The van der Waals surface area contributed by atoms with E-state index < -0.39 is 0 Å². The molecule has 0 aromatic heterocycles. The third-order valence-corrected chi connectivity index (χ3v) is 4.33. The average Bonchev–Trinajstić information content (AvgIpc) is 2.82. The third kappa shape index (κ3) is 3.05. The van der Waals surface area contributed by atoms with E-state index in [-0.39, 0.29) is 0 Å². The van der Waals surface area contributed by atoms with Crippen molar-refractivity contribution in [3.8, 4) is 5.75 Å². The van der Waals surface area contributed by atoms with E-state index in [1.165, 1.54) is 36.8 Å². The molecule has 1 aliphatic rings. The van der Waals surface area contributed by atoms with Gasteiger partial charge in [-0.15, -0.1) is 0 Å². The first-order valence-electron chi connectivity index (χ1n) is 7.08. The molecule has 1 aromatic carbocycles. The van der Waals surface area contributed by atoms with E-state index in [1.54, 1.807) is 0 Å². The molecule has 0 saturated heterocycles. The van der Waals surface area contributed by atoms with Gasteiger partial charge in [-0.2, -0.15) is 0 Å². The minimum absolute atomic E-state index is 0.701. The molecule has 1 saturated carbocycles. The Bertz CT molecular complexity index is 389. The Kier molecular flexibility index (Phi) is 4.65. The summed E-state index contributed by atoms with van der Waals surface area (Å²) in [5.41, 5.74) is 2.58. The molecular weight excluding hydrogens is 222 g/mol. The van der Waals surface area contributed by atoms with Crippen LogP contribution < -0.4 is 10.1 Å². The fraction of sp³-hybridized carbons (Fsp3) is 0.625. The largest absolute Gasteiger partial charge is 0.493 e. The Morgan fingerprint density at radius 1 is 1.28 bits per heavy atom. The monoisotopic (exact) mass is 247 g/mol. The SMILES string of the molecule is CNC1CCCC1CCOc1cccc(C)c1C. The summed E-state index contributed by atoms with van der Waals surface area (Å²) in [6.45, 7) is 5.11. The molecule has 2 unspecified atom stereocenters. The number of rotatable bonds is 5. The summed E-state index contributed by atoms with van der Waals surface area (Å²) in [5.74, 6) is 1.84. The van der Waals surface area contributed by atoms with Crippen molar-refractivity contribution in [1.29, 1.82) is 0 Å². The topological polar surface area (TPSA) is 21.3 Å². The normalized spacial score (nSPS) is 23.3. The van der Waals surface area contributed by atoms with Gasteiger partial charge in [0.1, 0.15) is 5.75 Å². The van der Waals surface area contributed by atoms with E-state index in [2.05, 4.69) is 44.4 Å². The summed E-state index contributed by atoms with van der Waals surface area (Å²) in [6, 6.07) is 6.99. The molecule has 18 heavy (non-hydrogen) atoms. The highest BCUT2D eigenvalue weighted by atomic mass is 16.5. The van der Waals surface area contributed by atoms with Crippen molar-refractivity contribution in [1.82, 2.24) is 5.32 Å². The number of aryl methyl sites for hydroxylation is 1. The predicted octanol–water partition coefficient (Wildman–Crippen LogP) is 3.46. The second-order valence-corrected chi connectivity index (χ2v) is 5.42. The summed E-state index contributed by atoms with van der Waals surface area (Å²) >= 11 is 0. The van der Waals surface area contributed by atoms with Gasteiger partial charge in [0.05, 0.1) is 6.61 Å². The standard InChI is InChI=1S/C16H25NO/c1-12-6-4-9-16(13(12)2)18-11-10-14-7-5-8-15(14)17-3/h4,6,9,14-15,17H,5,7-8,10-11H2,1-3H3. The number of nitrogens with one attached hydrogen (secondary N) is 1. The lowest BCUT2D eigenvalue weighted by molar-refractivity contribution is 0.262. The van der Waals surface area contributed by atoms with Gasteiger partial charge >= 0.3 is 0 Å². The molecule has 0 amide bonds. The predicted molar refractivity (Wildman–Crippen MR) is 76.2 cm³/mol. The number of benzene rings is 1. The smallest absolute Gasteiger partial charge is 0.122 e. The molecule has 1 fully saturated rings. The molecule has 2 nitrogen and oxygen atoms in total. The van der Waals surface area contributed by atoms with Crippen molar-refractivity contribution in [3.05, 3.63) is 29.3 Å². The van der Waals surface area contributed by atoms with Crippen LogP contribution in [0.15, 0.2) is 18.2 Å². The third-order valence-electron chi connectivity index (χ3n) is 4.33. The van der Waals surface area contributed by atoms with Crippen LogP contribution in [0.2, 0.25) is 0 Å². The Hall–Kier alpha value is -1.02. The fourth-order valence-corrected chi connectivity index (χ4v) is 2.96. The van der Waals surface area contributed by atoms with Crippen LogP contribution in [0.3, 0.4) is 0 Å². The Balaban J connectivity index is 1.83. The molecule has 0 spiro atoms. The van der Waals surface area contributed by atoms with Crippen LogP contribution in [-0.2, 0) is 0 Å². The van der Waals surface area contributed by atoms with Crippen LogP contribution in [0.4, 0.5) is 0 Å². The fourth-order valence-electron chi connectivity index (χ4n) is 2.96. The average molecular weight is 247 g/mol. The molecule has 2 atom stereocenters. The van der Waals surface area contributed by atoms with Crippen LogP contribution >= 0.6 is 0 Å². The van der Waals surface area contributed by atoms with E-state index >= 15 is 0 Å². The minimum atomic E-state index is 0.701. The summed E-state index contributed by atoms with van der Waals surface area (Å²) in [4.78, 5) is 0. The molecule has 1 aromatic rings. The molecular formula is C16H25NO. The van der Waals surface area contributed by atoms with E-state index in [9.17, 15) is 0 Å². The van der Waals surface area contributed by atoms with Gasteiger partial charge in [0.15, 0.2) is 0 Å². The van der Waals surface area contributed by atoms with Gasteiger partial charge in [-0.25, -0.2) is 0 Å². The van der Waals surface area contributed by atoms with Gasteiger partial charge < -0.3 is 10.1 Å². The van der Waals surface area contributed by atoms with Crippen LogP contribution in [0.25, 0.3) is 0 Å². The molecule has 100 valence electrons. The van der Waals surface area contributed by atoms with Crippen molar-refractivity contribution in [3.63, 3.8) is 0 Å². The van der Waals surface area contributed by atoms with Crippen molar-refractivity contribution in [2.24, 2.45) is 5.92 Å².